The first kappa shape index (κ1) is 31.6. The summed E-state index contributed by atoms with van der Waals surface area (Å²) in [6.45, 7) is 2.93. The van der Waals surface area contributed by atoms with Gasteiger partial charge in [-0.25, -0.2) is 4.39 Å². The maximum atomic E-state index is 13.9. The lowest BCUT2D eigenvalue weighted by Gasteiger charge is -2.36. The number of amides is 4. The first-order valence-electron chi connectivity index (χ1n) is 15.1. The standard InChI is InChI=1S/C34H38FN5O5/c1-38-19-20-45-30-10-6-5-9-27(30)32(42)37-29(22-31(41)36-28(33(38)43)21-24-7-3-2-4-8-24)34(44)40-17-15-39(16-18-40)23-25-11-13-26(35)14-12-25/h2-14,28-29H,15-23H2,1H3,(H,36,41)(H,37,42)/t28-,29-/m0/s1. The smallest absolute Gasteiger partial charge is 0.255 e. The SMILES string of the molecule is CN1CCOc2ccccc2C(=O)N[C@H](C(=O)N2CCN(Cc3ccc(F)cc3)CC2)CC(=O)N[C@@H](Cc2ccccc2)C1=O. The lowest BCUT2D eigenvalue weighted by atomic mass is 10.0. The zero-order valence-electron chi connectivity index (χ0n) is 25.3. The maximum absolute atomic E-state index is 13.9. The topological polar surface area (TPSA) is 111 Å². The molecule has 0 unspecified atom stereocenters. The minimum absolute atomic E-state index is 0.128. The third-order valence-electron chi connectivity index (χ3n) is 8.10. The van der Waals surface area contributed by atoms with Crippen molar-refractivity contribution in [3.05, 3.63) is 101 Å². The molecular formula is C34H38FN5O5. The van der Waals surface area contributed by atoms with Gasteiger partial charge in [0.05, 0.1) is 18.5 Å². The fraction of sp³-hybridized carbons (Fsp3) is 0.353. The maximum Gasteiger partial charge on any atom is 0.255 e. The van der Waals surface area contributed by atoms with Crippen molar-refractivity contribution in [1.29, 1.82) is 0 Å². The second kappa shape index (κ2) is 14.8. The van der Waals surface area contributed by atoms with Gasteiger partial charge in [0.1, 0.15) is 30.3 Å². The molecule has 2 aliphatic heterocycles. The molecule has 0 saturated carbocycles. The van der Waals surface area contributed by atoms with E-state index >= 15 is 0 Å². The van der Waals surface area contributed by atoms with Crippen molar-refractivity contribution in [2.45, 2.75) is 31.5 Å². The van der Waals surface area contributed by atoms with Crippen LogP contribution in [0, 0.1) is 5.82 Å². The lowest BCUT2D eigenvalue weighted by molar-refractivity contribution is -0.138. The van der Waals surface area contributed by atoms with Gasteiger partial charge in [-0.3, -0.25) is 24.1 Å². The van der Waals surface area contributed by atoms with E-state index in [4.69, 9.17) is 4.74 Å². The van der Waals surface area contributed by atoms with Crippen molar-refractivity contribution < 1.29 is 28.3 Å². The molecule has 1 fully saturated rings. The molecule has 4 amide bonds. The van der Waals surface area contributed by atoms with Crippen LogP contribution in [0.2, 0.25) is 0 Å². The Morgan fingerprint density at radius 3 is 2.27 bits per heavy atom. The summed E-state index contributed by atoms with van der Waals surface area (Å²) in [5.41, 5.74) is 2.07. The molecule has 2 atom stereocenters. The van der Waals surface area contributed by atoms with E-state index in [9.17, 15) is 23.6 Å². The molecule has 2 N–H and O–H groups in total. The number of halogens is 1. The number of hydrogen-bond acceptors (Lipinski definition) is 6. The summed E-state index contributed by atoms with van der Waals surface area (Å²) in [6, 6.07) is 20.3. The number of fused-ring (bicyclic) bond motifs is 1. The van der Waals surface area contributed by atoms with Crippen molar-refractivity contribution in [1.82, 2.24) is 25.3 Å². The molecule has 5 rings (SSSR count). The molecule has 3 aromatic carbocycles. The summed E-state index contributed by atoms with van der Waals surface area (Å²) >= 11 is 0. The second-order valence-corrected chi connectivity index (χ2v) is 11.4. The second-order valence-electron chi connectivity index (χ2n) is 11.4. The summed E-state index contributed by atoms with van der Waals surface area (Å²) < 4.78 is 19.2. The predicted molar refractivity (Wildman–Crippen MR) is 166 cm³/mol. The molecule has 2 aliphatic rings. The third-order valence-corrected chi connectivity index (χ3v) is 8.10. The molecule has 236 valence electrons. The number of piperazine rings is 1. The minimum atomic E-state index is -1.16. The Kier molecular flexibility index (Phi) is 10.4. The molecule has 10 nitrogen and oxygen atoms in total. The number of ether oxygens (including phenoxy) is 1. The predicted octanol–water partition coefficient (Wildman–Crippen LogP) is 2.24. The molecule has 1 saturated heterocycles. The Balaban J connectivity index is 1.34. The average Bonchev–Trinajstić information content (AvgIpc) is 3.05. The Morgan fingerprint density at radius 2 is 1.53 bits per heavy atom. The molecule has 3 aromatic rings. The number of hydrogen-bond donors (Lipinski definition) is 2. The van der Waals surface area contributed by atoms with Gasteiger partial charge in [-0.15, -0.1) is 0 Å². The largest absolute Gasteiger partial charge is 0.491 e. The molecular weight excluding hydrogens is 577 g/mol. The van der Waals surface area contributed by atoms with Crippen molar-refractivity contribution in [3.63, 3.8) is 0 Å². The highest BCUT2D eigenvalue weighted by Gasteiger charge is 2.33. The van der Waals surface area contributed by atoms with E-state index in [0.717, 1.165) is 11.1 Å². The van der Waals surface area contributed by atoms with Crippen molar-refractivity contribution in [2.75, 3.05) is 46.4 Å². The number of nitrogens with one attached hydrogen (secondary N) is 2. The van der Waals surface area contributed by atoms with E-state index in [1.807, 2.05) is 30.3 Å². The molecule has 0 aliphatic carbocycles. The summed E-state index contributed by atoms with van der Waals surface area (Å²) in [6.07, 6.45) is -0.0773. The lowest BCUT2D eigenvalue weighted by Crippen LogP contribution is -2.56. The van der Waals surface area contributed by atoms with Crippen LogP contribution >= 0.6 is 0 Å². The minimum Gasteiger partial charge on any atom is -0.491 e. The van der Waals surface area contributed by atoms with Gasteiger partial charge in [-0.1, -0.05) is 54.6 Å². The van der Waals surface area contributed by atoms with Crippen LogP contribution in [0.1, 0.15) is 27.9 Å². The van der Waals surface area contributed by atoms with Crippen LogP contribution in [-0.4, -0.2) is 96.8 Å². The van der Waals surface area contributed by atoms with Crippen LogP contribution in [0.5, 0.6) is 5.75 Å². The molecule has 0 spiro atoms. The molecule has 2 heterocycles. The molecule has 11 heteroatoms. The first-order valence-corrected chi connectivity index (χ1v) is 15.1. The van der Waals surface area contributed by atoms with E-state index in [2.05, 4.69) is 15.5 Å². The van der Waals surface area contributed by atoms with Gasteiger partial charge in [0.15, 0.2) is 0 Å². The van der Waals surface area contributed by atoms with Crippen LogP contribution in [0.4, 0.5) is 4.39 Å². The number of benzene rings is 3. The summed E-state index contributed by atoms with van der Waals surface area (Å²) in [7, 11) is 1.64. The van der Waals surface area contributed by atoms with Crippen molar-refractivity contribution in [2.24, 2.45) is 0 Å². The average molecular weight is 616 g/mol. The summed E-state index contributed by atoms with van der Waals surface area (Å²) in [4.78, 5) is 59.6. The molecule has 0 bridgehead atoms. The first-order chi connectivity index (χ1) is 21.8. The Labute approximate surface area is 262 Å². The van der Waals surface area contributed by atoms with Gasteiger partial charge in [-0.2, -0.15) is 0 Å². The van der Waals surface area contributed by atoms with Gasteiger partial charge < -0.3 is 25.2 Å². The van der Waals surface area contributed by atoms with Gasteiger partial charge in [0.2, 0.25) is 17.7 Å². The fourth-order valence-corrected chi connectivity index (χ4v) is 5.57. The van der Waals surface area contributed by atoms with Crippen LogP contribution in [0.15, 0.2) is 78.9 Å². The number of para-hydroxylation sites is 1. The Bertz CT molecular complexity index is 1490. The summed E-state index contributed by atoms with van der Waals surface area (Å²) in [5.74, 6) is -1.69. The number of nitrogens with zero attached hydrogens (tertiary/aromatic N) is 3. The fourth-order valence-electron chi connectivity index (χ4n) is 5.57. The van der Waals surface area contributed by atoms with Crippen LogP contribution in [0.25, 0.3) is 0 Å². The molecule has 0 radical (unpaired) electrons. The number of likely N-dealkylation sites (N-methyl/N-ethyl adjacent to an activating group) is 1. The van der Waals surface area contributed by atoms with Gasteiger partial charge in [0, 0.05) is 46.2 Å². The van der Waals surface area contributed by atoms with Gasteiger partial charge >= 0.3 is 0 Å². The Hall–Kier alpha value is -4.77. The third kappa shape index (κ3) is 8.45. The van der Waals surface area contributed by atoms with E-state index in [1.165, 1.54) is 17.0 Å². The number of rotatable bonds is 5. The van der Waals surface area contributed by atoms with Crippen LogP contribution in [0.3, 0.4) is 0 Å². The van der Waals surface area contributed by atoms with Crippen LogP contribution in [-0.2, 0) is 27.3 Å². The van der Waals surface area contributed by atoms with E-state index in [-0.39, 0.29) is 49.2 Å². The van der Waals surface area contributed by atoms with Crippen molar-refractivity contribution >= 4 is 23.6 Å². The normalized spacial score (nSPS) is 20.4. The van der Waals surface area contributed by atoms with E-state index in [0.29, 0.717) is 38.5 Å². The number of carbonyl (C=O) groups excluding carboxylic acids is 4. The highest BCUT2D eigenvalue weighted by molar-refractivity contribution is 6.01. The zero-order chi connectivity index (χ0) is 31.8. The molecule has 0 aromatic heterocycles. The zero-order valence-corrected chi connectivity index (χ0v) is 25.3. The molecule has 45 heavy (non-hydrogen) atoms. The number of carbonyl (C=O) groups is 4. The van der Waals surface area contributed by atoms with E-state index < -0.39 is 23.9 Å². The highest BCUT2D eigenvalue weighted by Crippen LogP contribution is 2.19. The monoisotopic (exact) mass is 615 g/mol. The van der Waals surface area contributed by atoms with Gasteiger partial charge in [0.25, 0.3) is 5.91 Å². The van der Waals surface area contributed by atoms with Crippen molar-refractivity contribution in [3.8, 4) is 5.75 Å². The Morgan fingerprint density at radius 1 is 0.844 bits per heavy atom. The highest BCUT2D eigenvalue weighted by atomic mass is 19.1. The quantitative estimate of drug-likeness (QED) is 0.456. The van der Waals surface area contributed by atoms with E-state index in [1.54, 1.807) is 48.3 Å². The van der Waals surface area contributed by atoms with Gasteiger partial charge in [-0.05, 0) is 35.4 Å². The summed E-state index contributed by atoms with van der Waals surface area (Å²) in [5, 5.41) is 5.61. The van der Waals surface area contributed by atoms with Crippen LogP contribution < -0.4 is 15.4 Å².